The number of fused-ring (bicyclic) bond motifs is 1. The molecule has 2 nitrogen and oxygen atoms in total. The third-order valence-electron chi connectivity index (χ3n) is 3.29. The van der Waals surface area contributed by atoms with Gasteiger partial charge in [-0.25, -0.2) is 0 Å². The minimum atomic E-state index is -0.138. The number of carbonyl (C=O) groups is 1. The number of benzene rings is 2. The Balaban J connectivity index is 1.94. The summed E-state index contributed by atoms with van der Waals surface area (Å²) in [5, 5.41) is 3.62. The molecule has 90 valence electrons. The summed E-state index contributed by atoms with van der Waals surface area (Å²) < 4.78 is 0. The lowest BCUT2D eigenvalue weighted by Gasteiger charge is -2.10. The van der Waals surface area contributed by atoms with Gasteiger partial charge in [0.05, 0.1) is 5.92 Å². The second kappa shape index (κ2) is 4.46. The third-order valence-corrected chi connectivity index (χ3v) is 3.66. The number of anilines is 1. The SMILES string of the molecule is O=C1Nc2ccccc2[C@H]1Cc1ccccc1Cl. The van der Waals surface area contributed by atoms with Crippen LogP contribution in [0.4, 0.5) is 5.69 Å². The number of nitrogens with one attached hydrogen (secondary N) is 1. The Kier molecular flexibility index (Phi) is 2.80. The lowest BCUT2D eigenvalue weighted by atomic mass is 9.93. The van der Waals surface area contributed by atoms with Gasteiger partial charge < -0.3 is 5.32 Å². The number of hydrogen-bond donors (Lipinski definition) is 1. The van der Waals surface area contributed by atoms with Gasteiger partial charge in [-0.1, -0.05) is 48.0 Å². The van der Waals surface area contributed by atoms with Crippen molar-refractivity contribution in [2.45, 2.75) is 12.3 Å². The second-order valence-electron chi connectivity index (χ2n) is 4.42. The summed E-state index contributed by atoms with van der Waals surface area (Å²) in [6, 6.07) is 15.5. The maximum atomic E-state index is 12.0. The fourth-order valence-electron chi connectivity index (χ4n) is 2.36. The van der Waals surface area contributed by atoms with Crippen molar-refractivity contribution in [2.24, 2.45) is 0 Å². The van der Waals surface area contributed by atoms with Crippen LogP contribution >= 0.6 is 11.6 Å². The molecule has 1 atom stereocenters. The van der Waals surface area contributed by atoms with E-state index < -0.39 is 0 Å². The van der Waals surface area contributed by atoms with Gasteiger partial charge in [-0.3, -0.25) is 4.79 Å². The summed E-state index contributed by atoms with van der Waals surface area (Å²) in [5.41, 5.74) is 2.98. The first-order chi connectivity index (χ1) is 8.75. The lowest BCUT2D eigenvalue weighted by Crippen LogP contribution is -2.14. The van der Waals surface area contributed by atoms with Crippen LogP contribution in [0.2, 0.25) is 5.02 Å². The Labute approximate surface area is 111 Å². The van der Waals surface area contributed by atoms with Gasteiger partial charge in [0.15, 0.2) is 0 Å². The summed E-state index contributed by atoms with van der Waals surface area (Å²) in [4.78, 5) is 12.0. The summed E-state index contributed by atoms with van der Waals surface area (Å²) >= 11 is 6.15. The molecule has 1 heterocycles. The van der Waals surface area contributed by atoms with Crippen LogP contribution in [0.1, 0.15) is 17.0 Å². The number of carbonyl (C=O) groups excluding carboxylic acids is 1. The van der Waals surface area contributed by atoms with Crippen molar-refractivity contribution in [2.75, 3.05) is 5.32 Å². The average Bonchev–Trinajstić information content (AvgIpc) is 2.69. The van der Waals surface area contributed by atoms with E-state index in [4.69, 9.17) is 11.6 Å². The Morgan fingerprint density at radius 1 is 1.06 bits per heavy atom. The summed E-state index contributed by atoms with van der Waals surface area (Å²) in [5.74, 6) is -0.0859. The van der Waals surface area contributed by atoms with Crippen molar-refractivity contribution in [3.8, 4) is 0 Å². The highest BCUT2D eigenvalue weighted by Gasteiger charge is 2.30. The molecule has 0 unspecified atom stereocenters. The third kappa shape index (κ3) is 1.89. The molecule has 0 saturated heterocycles. The molecule has 3 heteroatoms. The molecular weight excluding hydrogens is 246 g/mol. The lowest BCUT2D eigenvalue weighted by molar-refractivity contribution is -0.117. The molecular formula is C15H12ClNO. The van der Waals surface area contributed by atoms with Crippen LogP contribution in [-0.4, -0.2) is 5.91 Å². The molecule has 0 spiro atoms. The predicted molar refractivity (Wildman–Crippen MR) is 73.0 cm³/mol. The topological polar surface area (TPSA) is 29.1 Å². The fraction of sp³-hybridized carbons (Fsp3) is 0.133. The molecule has 0 radical (unpaired) electrons. The van der Waals surface area contributed by atoms with Gasteiger partial charge in [-0.2, -0.15) is 0 Å². The van der Waals surface area contributed by atoms with E-state index in [1.54, 1.807) is 0 Å². The quantitative estimate of drug-likeness (QED) is 0.875. The molecule has 1 aliphatic rings. The number of para-hydroxylation sites is 1. The van der Waals surface area contributed by atoms with Crippen LogP contribution in [-0.2, 0) is 11.2 Å². The highest BCUT2D eigenvalue weighted by atomic mass is 35.5. The van der Waals surface area contributed by atoms with E-state index in [0.717, 1.165) is 21.8 Å². The highest BCUT2D eigenvalue weighted by Crippen LogP contribution is 2.35. The first-order valence-electron chi connectivity index (χ1n) is 5.89. The number of rotatable bonds is 2. The van der Waals surface area contributed by atoms with E-state index in [9.17, 15) is 4.79 Å². The summed E-state index contributed by atoms with van der Waals surface area (Å²) in [6.07, 6.45) is 0.641. The van der Waals surface area contributed by atoms with Gasteiger partial charge >= 0.3 is 0 Å². The maximum absolute atomic E-state index is 12.0. The summed E-state index contributed by atoms with van der Waals surface area (Å²) in [6.45, 7) is 0. The molecule has 2 aromatic carbocycles. The Bertz CT molecular complexity index is 609. The van der Waals surface area contributed by atoms with E-state index in [2.05, 4.69) is 5.32 Å². The average molecular weight is 258 g/mol. The zero-order valence-electron chi connectivity index (χ0n) is 9.69. The van der Waals surface area contributed by atoms with Crippen LogP contribution in [0.5, 0.6) is 0 Å². The standard InChI is InChI=1S/C15H12ClNO/c16-13-7-3-1-5-10(13)9-12-11-6-2-4-8-14(11)17-15(12)18/h1-8,12H,9H2,(H,17,18)/t12-/m1/s1. The number of halogens is 1. The zero-order chi connectivity index (χ0) is 12.5. The second-order valence-corrected chi connectivity index (χ2v) is 4.83. The Morgan fingerprint density at radius 2 is 1.78 bits per heavy atom. The summed E-state index contributed by atoms with van der Waals surface area (Å²) in [7, 11) is 0. The maximum Gasteiger partial charge on any atom is 0.232 e. The van der Waals surface area contributed by atoms with E-state index >= 15 is 0 Å². The molecule has 0 bridgehead atoms. The first-order valence-corrected chi connectivity index (χ1v) is 6.26. The fourth-order valence-corrected chi connectivity index (χ4v) is 2.58. The van der Waals surface area contributed by atoms with E-state index in [0.29, 0.717) is 6.42 Å². The smallest absolute Gasteiger partial charge is 0.232 e. The van der Waals surface area contributed by atoms with Gasteiger partial charge in [0.2, 0.25) is 5.91 Å². The van der Waals surface area contributed by atoms with E-state index in [1.807, 2.05) is 48.5 Å². The predicted octanol–water partition coefficient (Wildman–Crippen LogP) is 3.62. The van der Waals surface area contributed by atoms with Crippen molar-refractivity contribution in [3.05, 3.63) is 64.7 Å². The molecule has 1 amide bonds. The van der Waals surface area contributed by atoms with Crippen molar-refractivity contribution < 1.29 is 4.79 Å². The number of amides is 1. The Hall–Kier alpha value is -1.80. The van der Waals surface area contributed by atoms with Crippen LogP contribution in [0.15, 0.2) is 48.5 Å². The molecule has 0 saturated carbocycles. The van der Waals surface area contributed by atoms with Crippen LogP contribution in [0.25, 0.3) is 0 Å². The van der Waals surface area contributed by atoms with Crippen LogP contribution in [0, 0.1) is 0 Å². The van der Waals surface area contributed by atoms with Gasteiger partial charge in [-0.05, 0) is 29.7 Å². The molecule has 0 fully saturated rings. The molecule has 2 aromatic rings. The minimum Gasteiger partial charge on any atom is -0.325 e. The Morgan fingerprint density at radius 3 is 2.61 bits per heavy atom. The minimum absolute atomic E-state index is 0.0520. The van der Waals surface area contributed by atoms with Crippen molar-refractivity contribution >= 4 is 23.2 Å². The highest BCUT2D eigenvalue weighted by molar-refractivity contribution is 6.31. The zero-order valence-corrected chi connectivity index (χ0v) is 10.4. The molecule has 0 aliphatic carbocycles. The molecule has 1 N–H and O–H groups in total. The van der Waals surface area contributed by atoms with Gasteiger partial charge in [0, 0.05) is 10.7 Å². The van der Waals surface area contributed by atoms with Gasteiger partial charge in [0.25, 0.3) is 0 Å². The number of hydrogen-bond acceptors (Lipinski definition) is 1. The largest absolute Gasteiger partial charge is 0.325 e. The van der Waals surface area contributed by atoms with Crippen molar-refractivity contribution in [3.63, 3.8) is 0 Å². The molecule has 0 aromatic heterocycles. The van der Waals surface area contributed by atoms with Crippen molar-refractivity contribution in [1.82, 2.24) is 0 Å². The van der Waals surface area contributed by atoms with Gasteiger partial charge in [-0.15, -0.1) is 0 Å². The van der Waals surface area contributed by atoms with E-state index in [1.165, 1.54) is 0 Å². The molecule has 18 heavy (non-hydrogen) atoms. The van der Waals surface area contributed by atoms with Gasteiger partial charge in [0.1, 0.15) is 0 Å². The molecule has 1 aliphatic heterocycles. The molecule has 3 rings (SSSR count). The van der Waals surface area contributed by atoms with Crippen molar-refractivity contribution in [1.29, 1.82) is 0 Å². The monoisotopic (exact) mass is 257 g/mol. The first kappa shape index (κ1) is 11.3. The van der Waals surface area contributed by atoms with Crippen LogP contribution in [0.3, 0.4) is 0 Å². The normalized spacial score (nSPS) is 17.4. The van der Waals surface area contributed by atoms with Crippen LogP contribution < -0.4 is 5.32 Å². The van der Waals surface area contributed by atoms with E-state index in [-0.39, 0.29) is 11.8 Å².